The molecular formula is C24H17N5O. The highest BCUT2D eigenvalue weighted by Crippen LogP contribution is 2.39. The van der Waals surface area contributed by atoms with E-state index in [4.69, 9.17) is 14.5 Å². The minimum absolute atomic E-state index is 0.588. The lowest BCUT2D eigenvalue weighted by atomic mass is 10.0. The third-order valence-electron chi connectivity index (χ3n) is 5.25. The Balaban J connectivity index is 1.60. The fourth-order valence-corrected chi connectivity index (χ4v) is 3.73. The van der Waals surface area contributed by atoms with Crippen LogP contribution >= 0.6 is 0 Å². The maximum absolute atomic E-state index is 5.84. The van der Waals surface area contributed by atoms with Gasteiger partial charge in [0, 0.05) is 0 Å². The molecule has 6 rings (SSSR count). The van der Waals surface area contributed by atoms with Crippen LogP contribution in [-0.2, 0) is 0 Å². The molecule has 0 atom stereocenters. The van der Waals surface area contributed by atoms with Gasteiger partial charge in [-0.1, -0.05) is 59.3 Å². The molecule has 144 valence electrons. The Hall–Kier alpha value is -4.19. The number of hydrogen-bond donors (Lipinski definition) is 2. The van der Waals surface area contributed by atoms with Gasteiger partial charge in [-0.25, -0.2) is 9.97 Å². The Kier molecular flexibility index (Phi) is 3.58. The summed E-state index contributed by atoms with van der Waals surface area (Å²) in [6.45, 7) is 2.07. The number of benzene rings is 3. The molecule has 30 heavy (non-hydrogen) atoms. The second-order valence-corrected chi connectivity index (χ2v) is 7.31. The minimum atomic E-state index is 0.588. The first-order valence-corrected chi connectivity index (χ1v) is 9.73. The van der Waals surface area contributed by atoms with Crippen molar-refractivity contribution in [2.45, 2.75) is 6.92 Å². The average Bonchev–Trinajstić information content (AvgIpc) is 3.49. The maximum Gasteiger partial charge on any atom is 0.210 e. The fraction of sp³-hybridized carbons (Fsp3) is 0.0417. The van der Waals surface area contributed by atoms with Crippen LogP contribution in [-0.4, -0.2) is 25.1 Å². The van der Waals surface area contributed by atoms with Gasteiger partial charge in [0.05, 0.1) is 27.6 Å². The summed E-state index contributed by atoms with van der Waals surface area (Å²) in [4.78, 5) is 16.2. The van der Waals surface area contributed by atoms with Crippen LogP contribution in [0.2, 0.25) is 0 Å². The number of nitrogens with one attached hydrogen (secondary N) is 2. The van der Waals surface area contributed by atoms with Crippen LogP contribution in [0.15, 0.2) is 77.3 Å². The van der Waals surface area contributed by atoms with E-state index in [2.05, 4.69) is 46.3 Å². The zero-order valence-corrected chi connectivity index (χ0v) is 16.2. The standard InChI is InChI=1S/C24H17N5O/c1-14-10-12-15(13-11-14)20-21(23-25-16-6-2-3-7-17(16)26-23)29-30-22(20)24-27-18-8-4-5-9-19(18)28-24/h2-13H,1H3,(H,25,26)(H,27,28). The molecule has 6 nitrogen and oxygen atoms in total. The minimum Gasteiger partial charge on any atom is -0.352 e. The Labute approximate surface area is 171 Å². The number of imidazole rings is 2. The third-order valence-corrected chi connectivity index (χ3v) is 5.25. The Bertz CT molecular complexity index is 1350. The van der Waals surface area contributed by atoms with Crippen LogP contribution in [0.5, 0.6) is 0 Å². The number of fused-ring (bicyclic) bond motifs is 2. The normalized spacial score (nSPS) is 11.5. The Morgan fingerprint density at radius 1 is 0.700 bits per heavy atom. The highest BCUT2D eigenvalue weighted by molar-refractivity contribution is 5.91. The van der Waals surface area contributed by atoms with Gasteiger partial charge in [0.25, 0.3) is 0 Å². The molecule has 3 aromatic heterocycles. The molecule has 0 radical (unpaired) electrons. The van der Waals surface area contributed by atoms with E-state index in [-0.39, 0.29) is 0 Å². The molecule has 0 fully saturated rings. The molecule has 0 saturated carbocycles. The predicted molar refractivity (Wildman–Crippen MR) is 117 cm³/mol. The van der Waals surface area contributed by atoms with E-state index in [0.29, 0.717) is 23.1 Å². The lowest BCUT2D eigenvalue weighted by Gasteiger charge is -2.03. The summed E-state index contributed by atoms with van der Waals surface area (Å²) >= 11 is 0. The topological polar surface area (TPSA) is 83.4 Å². The van der Waals surface area contributed by atoms with Crippen molar-refractivity contribution in [3.8, 4) is 34.2 Å². The largest absolute Gasteiger partial charge is 0.352 e. The van der Waals surface area contributed by atoms with Crippen LogP contribution in [0.1, 0.15) is 5.56 Å². The van der Waals surface area contributed by atoms with Gasteiger partial charge in [0.2, 0.25) is 5.76 Å². The van der Waals surface area contributed by atoms with Crippen LogP contribution in [0, 0.1) is 6.92 Å². The zero-order valence-electron chi connectivity index (χ0n) is 16.2. The summed E-state index contributed by atoms with van der Waals surface area (Å²) in [5, 5.41) is 4.40. The molecule has 0 aliphatic rings. The number of rotatable bonds is 3. The summed E-state index contributed by atoms with van der Waals surface area (Å²) in [7, 11) is 0. The number of aromatic amines is 2. The molecular weight excluding hydrogens is 374 g/mol. The van der Waals surface area contributed by atoms with E-state index in [1.807, 2.05) is 48.5 Å². The van der Waals surface area contributed by atoms with Crippen molar-refractivity contribution in [1.82, 2.24) is 25.1 Å². The summed E-state index contributed by atoms with van der Waals surface area (Å²) in [5.41, 5.74) is 7.36. The van der Waals surface area contributed by atoms with Gasteiger partial charge in [0.1, 0.15) is 0 Å². The van der Waals surface area contributed by atoms with Crippen molar-refractivity contribution in [3.05, 3.63) is 78.4 Å². The fourth-order valence-electron chi connectivity index (χ4n) is 3.73. The van der Waals surface area contributed by atoms with Crippen LogP contribution in [0.3, 0.4) is 0 Å². The van der Waals surface area contributed by atoms with E-state index < -0.39 is 0 Å². The van der Waals surface area contributed by atoms with Crippen molar-refractivity contribution >= 4 is 22.1 Å². The monoisotopic (exact) mass is 391 g/mol. The van der Waals surface area contributed by atoms with Gasteiger partial charge < -0.3 is 14.5 Å². The number of nitrogens with zero attached hydrogens (tertiary/aromatic N) is 3. The lowest BCUT2D eigenvalue weighted by Crippen LogP contribution is -1.88. The molecule has 0 spiro atoms. The molecule has 6 heteroatoms. The van der Waals surface area contributed by atoms with Crippen LogP contribution in [0.4, 0.5) is 0 Å². The Morgan fingerprint density at radius 3 is 1.97 bits per heavy atom. The molecule has 0 unspecified atom stereocenters. The first kappa shape index (κ1) is 16.7. The molecule has 3 heterocycles. The van der Waals surface area contributed by atoms with Gasteiger partial charge in [-0.05, 0) is 36.8 Å². The first-order chi connectivity index (χ1) is 14.8. The van der Waals surface area contributed by atoms with Crippen molar-refractivity contribution in [1.29, 1.82) is 0 Å². The average molecular weight is 391 g/mol. The third kappa shape index (κ3) is 2.62. The molecule has 0 amide bonds. The summed E-state index contributed by atoms with van der Waals surface area (Å²) in [5.74, 6) is 1.89. The van der Waals surface area contributed by atoms with Crippen LogP contribution < -0.4 is 0 Å². The van der Waals surface area contributed by atoms with Crippen LogP contribution in [0.25, 0.3) is 56.3 Å². The second kappa shape index (κ2) is 6.42. The van der Waals surface area contributed by atoms with Crippen molar-refractivity contribution < 1.29 is 4.52 Å². The van der Waals surface area contributed by atoms with Crippen molar-refractivity contribution in [2.24, 2.45) is 0 Å². The number of aryl methyl sites for hydroxylation is 1. The molecule has 6 aromatic rings. The van der Waals surface area contributed by atoms with E-state index in [9.17, 15) is 0 Å². The SMILES string of the molecule is Cc1ccc(-c2c(-c3nc4ccccc4[nH]3)noc2-c2nc3ccccc3[nH]2)cc1. The smallest absolute Gasteiger partial charge is 0.210 e. The molecule has 0 aliphatic heterocycles. The van der Waals surface area contributed by atoms with Crippen molar-refractivity contribution in [2.75, 3.05) is 0 Å². The van der Waals surface area contributed by atoms with E-state index in [1.54, 1.807) is 0 Å². The number of aromatic nitrogens is 5. The van der Waals surface area contributed by atoms with Gasteiger partial charge in [0.15, 0.2) is 17.3 Å². The molecule has 0 saturated heterocycles. The predicted octanol–water partition coefficient (Wildman–Crippen LogP) is 5.74. The van der Waals surface area contributed by atoms with E-state index >= 15 is 0 Å². The van der Waals surface area contributed by atoms with Gasteiger partial charge in [-0.3, -0.25) is 0 Å². The zero-order chi connectivity index (χ0) is 20.1. The number of hydrogen-bond acceptors (Lipinski definition) is 4. The first-order valence-electron chi connectivity index (χ1n) is 9.73. The molecule has 0 aliphatic carbocycles. The molecule has 3 aromatic carbocycles. The summed E-state index contributed by atoms with van der Waals surface area (Å²) in [6.07, 6.45) is 0. The van der Waals surface area contributed by atoms with E-state index in [1.165, 1.54) is 5.56 Å². The van der Waals surface area contributed by atoms with Gasteiger partial charge >= 0.3 is 0 Å². The second-order valence-electron chi connectivity index (χ2n) is 7.31. The Morgan fingerprint density at radius 2 is 1.30 bits per heavy atom. The highest BCUT2D eigenvalue weighted by atomic mass is 16.5. The quantitative estimate of drug-likeness (QED) is 0.403. The molecule has 2 N–H and O–H groups in total. The summed E-state index contributed by atoms with van der Waals surface area (Å²) < 4.78 is 5.84. The maximum atomic E-state index is 5.84. The lowest BCUT2D eigenvalue weighted by molar-refractivity contribution is 0.432. The number of para-hydroxylation sites is 4. The van der Waals surface area contributed by atoms with Gasteiger partial charge in [-0.2, -0.15) is 0 Å². The van der Waals surface area contributed by atoms with Gasteiger partial charge in [-0.15, -0.1) is 0 Å². The summed E-state index contributed by atoms with van der Waals surface area (Å²) in [6, 6.07) is 24.1. The molecule has 0 bridgehead atoms. The number of H-pyrrole nitrogens is 2. The van der Waals surface area contributed by atoms with Crippen molar-refractivity contribution in [3.63, 3.8) is 0 Å². The van der Waals surface area contributed by atoms with E-state index in [0.717, 1.165) is 33.2 Å². The highest BCUT2D eigenvalue weighted by Gasteiger charge is 2.25.